The Bertz CT molecular complexity index is 765. The van der Waals surface area contributed by atoms with E-state index in [1.54, 1.807) is 37.3 Å². The predicted octanol–water partition coefficient (Wildman–Crippen LogP) is 2.57. The van der Waals surface area contributed by atoms with Crippen LogP contribution in [0.5, 0.6) is 0 Å². The van der Waals surface area contributed by atoms with Crippen LogP contribution in [0.4, 0.5) is 9.18 Å². The van der Waals surface area contributed by atoms with Gasteiger partial charge >= 0.3 is 12.0 Å². The van der Waals surface area contributed by atoms with Gasteiger partial charge in [0.05, 0.1) is 5.56 Å². The van der Waals surface area contributed by atoms with Crippen molar-refractivity contribution in [3.05, 3.63) is 71.5 Å². The van der Waals surface area contributed by atoms with Crippen LogP contribution >= 0.6 is 0 Å². The van der Waals surface area contributed by atoms with Gasteiger partial charge in [-0.15, -0.1) is 0 Å². The molecule has 0 aliphatic carbocycles. The van der Waals surface area contributed by atoms with E-state index in [4.69, 9.17) is 4.74 Å². The van der Waals surface area contributed by atoms with E-state index in [0.29, 0.717) is 12.1 Å². The summed E-state index contributed by atoms with van der Waals surface area (Å²) in [5, 5.41) is 4.52. The molecule has 0 bridgehead atoms. The molecule has 2 N–H and O–H groups in total. The average Bonchev–Trinajstić information content (AvgIpc) is 2.60. The number of carbonyl (C=O) groups is 3. The summed E-state index contributed by atoms with van der Waals surface area (Å²) in [6, 6.07) is 12.5. The Hall–Kier alpha value is -3.22. The Balaban J connectivity index is 2.21. The number of halogens is 1. The number of hydrogen-bond acceptors (Lipinski definition) is 4. The zero-order valence-corrected chi connectivity index (χ0v) is 13.5. The molecule has 130 valence electrons. The number of benzene rings is 2. The van der Waals surface area contributed by atoms with Gasteiger partial charge < -0.3 is 10.1 Å². The summed E-state index contributed by atoms with van der Waals surface area (Å²) in [6.07, 6.45) is -1.35. The third-order valence-corrected chi connectivity index (χ3v) is 3.20. The standard InChI is InChI=1S/C18H17FN2O4/c1-2-20-18(24)21-16(22)15(12-7-4-3-5-8-12)25-17(23)13-9-6-10-14(19)11-13/h3-11,15H,2H2,1H3,(H2,20,21,22,24)/t15-/m0/s1. The monoisotopic (exact) mass is 344 g/mol. The average molecular weight is 344 g/mol. The minimum absolute atomic E-state index is 0.0354. The van der Waals surface area contributed by atoms with Crippen LogP contribution in [0.1, 0.15) is 28.9 Å². The highest BCUT2D eigenvalue weighted by Crippen LogP contribution is 2.20. The lowest BCUT2D eigenvalue weighted by Gasteiger charge is -2.17. The van der Waals surface area contributed by atoms with Gasteiger partial charge in [-0.25, -0.2) is 14.0 Å². The number of esters is 1. The van der Waals surface area contributed by atoms with Gasteiger partial charge in [0, 0.05) is 12.1 Å². The Morgan fingerprint density at radius 1 is 1.08 bits per heavy atom. The highest BCUT2D eigenvalue weighted by atomic mass is 19.1. The molecule has 0 aromatic heterocycles. The zero-order valence-electron chi connectivity index (χ0n) is 13.5. The maximum atomic E-state index is 13.3. The van der Waals surface area contributed by atoms with Gasteiger partial charge in [-0.3, -0.25) is 10.1 Å². The second-order valence-electron chi connectivity index (χ2n) is 5.06. The van der Waals surface area contributed by atoms with E-state index < -0.39 is 29.8 Å². The Kier molecular flexibility index (Phi) is 6.22. The maximum absolute atomic E-state index is 13.3. The lowest BCUT2D eigenvalue weighted by atomic mass is 10.1. The smallest absolute Gasteiger partial charge is 0.339 e. The zero-order chi connectivity index (χ0) is 18.2. The van der Waals surface area contributed by atoms with Crippen molar-refractivity contribution >= 4 is 17.9 Å². The highest BCUT2D eigenvalue weighted by molar-refractivity contribution is 5.99. The van der Waals surface area contributed by atoms with Crippen LogP contribution in [0, 0.1) is 5.82 Å². The van der Waals surface area contributed by atoms with Gasteiger partial charge in [-0.1, -0.05) is 36.4 Å². The molecule has 0 radical (unpaired) electrons. The van der Waals surface area contributed by atoms with Crippen LogP contribution in [-0.4, -0.2) is 24.5 Å². The van der Waals surface area contributed by atoms with Crippen molar-refractivity contribution in [3.63, 3.8) is 0 Å². The first-order chi connectivity index (χ1) is 12.0. The van der Waals surface area contributed by atoms with Crippen LogP contribution in [0.3, 0.4) is 0 Å². The molecule has 0 aliphatic heterocycles. The van der Waals surface area contributed by atoms with Gasteiger partial charge in [0.2, 0.25) is 6.10 Å². The van der Waals surface area contributed by atoms with E-state index in [-0.39, 0.29) is 5.56 Å². The molecule has 0 unspecified atom stereocenters. The summed E-state index contributed by atoms with van der Waals surface area (Å²) in [7, 11) is 0. The quantitative estimate of drug-likeness (QED) is 0.817. The molecule has 1 atom stereocenters. The molecule has 2 aromatic carbocycles. The normalized spacial score (nSPS) is 11.3. The maximum Gasteiger partial charge on any atom is 0.339 e. The van der Waals surface area contributed by atoms with Gasteiger partial charge in [-0.05, 0) is 25.1 Å². The van der Waals surface area contributed by atoms with Crippen molar-refractivity contribution in [1.82, 2.24) is 10.6 Å². The van der Waals surface area contributed by atoms with Gasteiger partial charge in [0.15, 0.2) is 0 Å². The molecule has 6 nitrogen and oxygen atoms in total. The molecule has 7 heteroatoms. The summed E-state index contributed by atoms with van der Waals surface area (Å²) in [4.78, 5) is 36.1. The van der Waals surface area contributed by atoms with Crippen molar-refractivity contribution < 1.29 is 23.5 Å². The van der Waals surface area contributed by atoms with Crippen molar-refractivity contribution in [2.75, 3.05) is 6.54 Å². The van der Waals surface area contributed by atoms with E-state index in [1.807, 2.05) is 0 Å². The number of ether oxygens (including phenoxy) is 1. The minimum atomic E-state index is -1.35. The van der Waals surface area contributed by atoms with Gasteiger partial charge in [0.1, 0.15) is 5.82 Å². The summed E-state index contributed by atoms with van der Waals surface area (Å²) in [5.74, 6) is -2.28. The molecule has 0 aliphatic rings. The fraction of sp³-hybridized carbons (Fsp3) is 0.167. The number of rotatable bonds is 5. The molecule has 3 amide bonds. The van der Waals surface area contributed by atoms with Crippen LogP contribution in [0.2, 0.25) is 0 Å². The topological polar surface area (TPSA) is 84.5 Å². The van der Waals surface area contributed by atoms with Crippen molar-refractivity contribution in [1.29, 1.82) is 0 Å². The number of imide groups is 1. The molecule has 2 aromatic rings. The van der Waals surface area contributed by atoms with Crippen molar-refractivity contribution in [2.45, 2.75) is 13.0 Å². The lowest BCUT2D eigenvalue weighted by Crippen LogP contribution is -2.42. The molecule has 0 fully saturated rings. The third-order valence-electron chi connectivity index (χ3n) is 3.20. The molecular formula is C18H17FN2O4. The number of hydrogen-bond donors (Lipinski definition) is 2. The summed E-state index contributed by atoms with van der Waals surface area (Å²) in [5.41, 5.74) is 0.348. The predicted molar refractivity (Wildman–Crippen MR) is 88.2 cm³/mol. The minimum Gasteiger partial charge on any atom is -0.444 e. The summed E-state index contributed by atoms with van der Waals surface area (Å²) < 4.78 is 18.5. The largest absolute Gasteiger partial charge is 0.444 e. The highest BCUT2D eigenvalue weighted by Gasteiger charge is 2.27. The van der Waals surface area contributed by atoms with E-state index in [2.05, 4.69) is 10.6 Å². The van der Waals surface area contributed by atoms with E-state index >= 15 is 0 Å². The van der Waals surface area contributed by atoms with Gasteiger partial charge in [0.25, 0.3) is 5.91 Å². The number of nitrogens with one attached hydrogen (secondary N) is 2. The van der Waals surface area contributed by atoms with Crippen LogP contribution in [0.25, 0.3) is 0 Å². The third kappa shape index (κ3) is 5.13. The first kappa shape index (κ1) is 18.1. The molecular weight excluding hydrogens is 327 g/mol. The first-order valence-corrected chi connectivity index (χ1v) is 7.61. The van der Waals surface area contributed by atoms with E-state index in [0.717, 1.165) is 6.07 Å². The van der Waals surface area contributed by atoms with Crippen molar-refractivity contribution in [3.8, 4) is 0 Å². The molecule has 0 heterocycles. The molecule has 0 saturated heterocycles. The molecule has 0 spiro atoms. The Morgan fingerprint density at radius 2 is 1.80 bits per heavy atom. The summed E-state index contributed by atoms with van der Waals surface area (Å²) >= 11 is 0. The van der Waals surface area contributed by atoms with E-state index in [1.165, 1.54) is 18.2 Å². The molecule has 2 rings (SSSR count). The second kappa shape index (κ2) is 8.58. The Labute approximate surface area is 144 Å². The molecule has 25 heavy (non-hydrogen) atoms. The number of urea groups is 1. The SMILES string of the molecule is CCNC(=O)NC(=O)[C@@H](OC(=O)c1cccc(F)c1)c1ccccc1. The second-order valence-corrected chi connectivity index (χ2v) is 5.06. The van der Waals surface area contributed by atoms with Gasteiger partial charge in [-0.2, -0.15) is 0 Å². The first-order valence-electron chi connectivity index (χ1n) is 7.61. The fourth-order valence-corrected chi connectivity index (χ4v) is 2.07. The summed E-state index contributed by atoms with van der Waals surface area (Å²) in [6.45, 7) is 2.03. The van der Waals surface area contributed by atoms with Crippen LogP contribution in [0.15, 0.2) is 54.6 Å². The van der Waals surface area contributed by atoms with Crippen LogP contribution in [-0.2, 0) is 9.53 Å². The van der Waals surface area contributed by atoms with Crippen molar-refractivity contribution in [2.24, 2.45) is 0 Å². The van der Waals surface area contributed by atoms with E-state index in [9.17, 15) is 18.8 Å². The Morgan fingerprint density at radius 3 is 2.44 bits per heavy atom. The number of carbonyl (C=O) groups excluding carboxylic acids is 3. The molecule has 0 saturated carbocycles. The number of amides is 3. The fourth-order valence-electron chi connectivity index (χ4n) is 2.07. The lowest BCUT2D eigenvalue weighted by molar-refractivity contribution is -0.129. The van der Waals surface area contributed by atoms with Crippen LogP contribution < -0.4 is 10.6 Å².